The number of ether oxygens (including phenoxy) is 1. The van der Waals surface area contributed by atoms with Crippen molar-refractivity contribution >= 4 is 33.8 Å². The monoisotopic (exact) mass is 225 g/mol. The number of thiazole rings is 1. The van der Waals surface area contributed by atoms with Gasteiger partial charge in [0.25, 0.3) is 0 Å². The van der Waals surface area contributed by atoms with Crippen LogP contribution in [0.3, 0.4) is 0 Å². The molecule has 14 heavy (non-hydrogen) atoms. The van der Waals surface area contributed by atoms with Gasteiger partial charge in [0.05, 0.1) is 16.3 Å². The molecule has 0 saturated carbocycles. The number of nitrogens with one attached hydrogen (secondary N) is 1. The van der Waals surface area contributed by atoms with Crippen LogP contribution < -0.4 is 4.74 Å². The molecular formula is C10H11NOS2. The fourth-order valence-corrected chi connectivity index (χ4v) is 2.42. The summed E-state index contributed by atoms with van der Waals surface area (Å²) in [5, 5.41) is 0. The number of hydrogen-bond donors (Lipinski definition) is 1. The average Bonchev–Trinajstić information content (AvgIpc) is 2.42. The molecular weight excluding hydrogens is 214 g/mol. The number of H-pyrrole nitrogens is 1. The van der Waals surface area contributed by atoms with Gasteiger partial charge in [0, 0.05) is 0 Å². The Kier molecular flexibility index (Phi) is 2.56. The minimum Gasteiger partial charge on any atom is -0.491 e. The van der Waals surface area contributed by atoms with E-state index in [0.717, 1.165) is 19.9 Å². The fraction of sp³-hybridized carbons (Fsp3) is 0.300. The van der Waals surface area contributed by atoms with Crippen molar-refractivity contribution in [1.29, 1.82) is 0 Å². The smallest absolute Gasteiger partial charge is 0.159 e. The van der Waals surface area contributed by atoms with Crippen LogP contribution in [0.5, 0.6) is 5.75 Å². The second kappa shape index (κ2) is 3.71. The maximum Gasteiger partial charge on any atom is 0.159 e. The van der Waals surface area contributed by atoms with Crippen LogP contribution in [-0.2, 0) is 0 Å². The lowest BCUT2D eigenvalue weighted by atomic mass is 10.3. The van der Waals surface area contributed by atoms with Gasteiger partial charge in [-0.15, -0.1) is 11.3 Å². The first-order chi connectivity index (χ1) is 6.65. The van der Waals surface area contributed by atoms with E-state index >= 15 is 0 Å². The van der Waals surface area contributed by atoms with Crippen LogP contribution >= 0.6 is 23.6 Å². The lowest BCUT2D eigenvalue weighted by molar-refractivity contribution is 0.243. The molecule has 0 unspecified atom stereocenters. The first kappa shape index (κ1) is 9.68. The van der Waals surface area contributed by atoms with Gasteiger partial charge in [0.15, 0.2) is 3.95 Å². The summed E-state index contributed by atoms with van der Waals surface area (Å²) in [6, 6.07) is 5.98. The highest BCUT2D eigenvalue weighted by atomic mass is 32.1. The lowest BCUT2D eigenvalue weighted by Gasteiger charge is -2.08. The van der Waals surface area contributed by atoms with Crippen molar-refractivity contribution in [2.75, 3.05) is 0 Å². The molecule has 0 atom stereocenters. The van der Waals surface area contributed by atoms with Gasteiger partial charge in [-0.2, -0.15) is 0 Å². The molecule has 0 saturated heterocycles. The number of fused-ring (bicyclic) bond motifs is 1. The Balaban J connectivity index is 2.45. The summed E-state index contributed by atoms with van der Waals surface area (Å²) < 4.78 is 7.54. The highest BCUT2D eigenvalue weighted by Gasteiger charge is 2.01. The van der Waals surface area contributed by atoms with Gasteiger partial charge in [-0.3, -0.25) is 0 Å². The molecule has 74 valence electrons. The highest BCUT2D eigenvalue weighted by Crippen LogP contribution is 2.24. The van der Waals surface area contributed by atoms with E-state index in [2.05, 4.69) is 4.98 Å². The molecule has 0 aliphatic carbocycles. The minimum absolute atomic E-state index is 0.208. The van der Waals surface area contributed by atoms with Gasteiger partial charge in [-0.1, -0.05) is 0 Å². The third-order valence-electron chi connectivity index (χ3n) is 1.76. The molecule has 0 aliphatic rings. The highest BCUT2D eigenvalue weighted by molar-refractivity contribution is 7.73. The minimum atomic E-state index is 0.208. The Bertz CT molecular complexity index is 498. The predicted molar refractivity (Wildman–Crippen MR) is 62.8 cm³/mol. The van der Waals surface area contributed by atoms with Crippen LogP contribution in [-0.4, -0.2) is 11.1 Å². The predicted octanol–water partition coefficient (Wildman–Crippen LogP) is 3.75. The molecule has 1 N–H and O–H groups in total. The molecule has 0 amide bonds. The molecule has 0 fully saturated rings. The Labute approximate surface area is 91.5 Å². The number of hydrogen-bond acceptors (Lipinski definition) is 3. The Morgan fingerprint density at radius 2 is 2.21 bits per heavy atom. The Morgan fingerprint density at radius 3 is 2.93 bits per heavy atom. The van der Waals surface area contributed by atoms with E-state index in [1.54, 1.807) is 11.3 Å². The van der Waals surface area contributed by atoms with E-state index in [1.165, 1.54) is 0 Å². The maximum atomic E-state index is 5.59. The zero-order valence-electron chi connectivity index (χ0n) is 8.03. The quantitative estimate of drug-likeness (QED) is 0.787. The third kappa shape index (κ3) is 1.96. The Morgan fingerprint density at radius 1 is 1.43 bits per heavy atom. The van der Waals surface area contributed by atoms with Crippen LogP contribution in [0, 0.1) is 3.95 Å². The summed E-state index contributed by atoms with van der Waals surface area (Å²) in [7, 11) is 0. The van der Waals surface area contributed by atoms with E-state index in [4.69, 9.17) is 17.0 Å². The van der Waals surface area contributed by atoms with Crippen molar-refractivity contribution in [3.8, 4) is 5.75 Å². The average molecular weight is 225 g/mol. The van der Waals surface area contributed by atoms with Gasteiger partial charge in [-0.05, 0) is 44.3 Å². The summed E-state index contributed by atoms with van der Waals surface area (Å²) in [4.78, 5) is 3.12. The third-order valence-corrected chi connectivity index (χ3v) is 2.96. The maximum absolute atomic E-state index is 5.59. The molecule has 0 radical (unpaired) electrons. The second-order valence-corrected chi connectivity index (χ2v) is 5.06. The number of rotatable bonds is 2. The number of aromatic nitrogens is 1. The number of benzene rings is 1. The van der Waals surface area contributed by atoms with Crippen molar-refractivity contribution in [3.63, 3.8) is 0 Å². The molecule has 1 heterocycles. The van der Waals surface area contributed by atoms with Gasteiger partial charge in [0.2, 0.25) is 0 Å². The largest absolute Gasteiger partial charge is 0.491 e. The van der Waals surface area contributed by atoms with Crippen molar-refractivity contribution in [2.24, 2.45) is 0 Å². The molecule has 1 aromatic heterocycles. The molecule has 1 aromatic carbocycles. The van der Waals surface area contributed by atoms with E-state index in [9.17, 15) is 0 Å². The summed E-state index contributed by atoms with van der Waals surface area (Å²) >= 11 is 6.64. The summed E-state index contributed by atoms with van der Waals surface area (Å²) in [5.74, 6) is 0.901. The molecule has 4 heteroatoms. The molecule has 2 rings (SSSR count). The molecule has 0 spiro atoms. The zero-order valence-corrected chi connectivity index (χ0v) is 9.67. The topological polar surface area (TPSA) is 25.0 Å². The number of aromatic amines is 1. The molecule has 2 aromatic rings. The van der Waals surface area contributed by atoms with Gasteiger partial charge < -0.3 is 9.72 Å². The van der Waals surface area contributed by atoms with E-state index in [1.807, 2.05) is 32.0 Å². The normalized spacial score (nSPS) is 11.1. The van der Waals surface area contributed by atoms with Crippen LogP contribution in [0.15, 0.2) is 18.2 Å². The van der Waals surface area contributed by atoms with E-state index < -0.39 is 0 Å². The van der Waals surface area contributed by atoms with Crippen LogP contribution in [0.4, 0.5) is 0 Å². The summed E-state index contributed by atoms with van der Waals surface area (Å²) in [6.45, 7) is 4.03. The SMILES string of the molecule is CC(C)Oc1ccc2[nH]c(=S)sc2c1. The van der Waals surface area contributed by atoms with Crippen molar-refractivity contribution in [1.82, 2.24) is 4.98 Å². The summed E-state index contributed by atoms with van der Waals surface area (Å²) in [5.41, 5.74) is 1.08. The van der Waals surface area contributed by atoms with Crippen molar-refractivity contribution in [3.05, 3.63) is 22.2 Å². The van der Waals surface area contributed by atoms with Gasteiger partial charge in [-0.25, -0.2) is 0 Å². The van der Waals surface area contributed by atoms with Crippen LogP contribution in [0.25, 0.3) is 10.2 Å². The van der Waals surface area contributed by atoms with Crippen LogP contribution in [0.2, 0.25) is 0 Å². The first-order valence-electron chi connectivity index (χ1n) is 4.44. The van der Waals surface area contributed by atoms with Crippen LogP contribution in [0.1, 0.15) is 13.8 Å². The van der Waals surface area contributed by atoms with Gasteiger partial charge in [0.1, 0.15) is 5.75 Å². The molecule has 0 aliphatic heterocycles. The second-order valence-electron chi connectivity index (χ2n) is 3.34. The molecule has 2 nitrogen and oxygen atoms in total. The zero-order chi connectivity index (χ0) is 10.1. The van der Waals surface area contributed by atoms with E-state index in [0.29, 0.717) is 0 Å². The fourth-order valence-electron chi connectivity index (χ4n) is 1.27. The Hall–Kier alpha value is -0.870. The molecule has 0 bridgehead atoms. The standard InChI is InChI=1S/C10H11NOS2/c1-6(2)12-7-3-4-8-9(5-7)14-10(13)11-8/h3-6H,1-2H3,(H,11,13). The first-order valence-corrected chi connectivity index (χ1v) is 5.67. The van der Waals surface area contributed by atoms with Crippen molar-refractivity contribution in [2.45, 2.75) is 20.0 Å². The van der Waals surface area contributed by atoms with Crippen molar-refractivity contribution < 1.29 is 4.74 Å². The summed E-state index contributed by atoms with van der Waals surface area (Å²) in [6.07, 6.45) is 0.208. The van der Waals surface area contributed by atoms with Gasteiger partial charge >= 0.3 is 0 Å². The lowest BCUT2D eigenvalue weighted by Crippen LogP contribution is -2.04. The van der Waals surface area contributed by atoms with E-state index in [-0.39, 0.29) is 6.10 Å².